The van der Waals surface area contributed by atoms with Crippen LogP contribution in [0.2, 0.25) is 0 Å². The predicted octanol–water partition coefficient (Wildman–Crippen LogP) is 3.89. The standard InChI is InChI=1S/C17H24N2OS/c1-17(2,3)18-12-14-16(13-8-6-5-7-9-13)21-15(19-14)10-11-20-4/h5-9,18H,10-12H2,1-4H3. The first kappa shape index (κ1) is 16.1. The lowest BCUT2D eigenvalue weighted by atomic mass is 10.1. The number of benzene rings is 1. The second-order valence-electron chi connectivity index (χ2n) is 6.10. The molecule has 0 aliphatic heterocycles. The molecule has 0 fully saturated rings. The van der Waals surface area contributed by atoms with Crippen molar-refractivity contribution >= 4 is 11.3 Å². The number of hydrogen-bond acceptors (Lipinski definition) is 4. The van der Waals surface area contributed by atoms with Gasteiger partial charge in [0.25, 0.3) is 0 Å². The minimum atomic E-state index is 0.0876. The van der Waals surface area contributed by atoms with Crippen LogP contribution in [0.15, 0.2) is 30.3 Å². The van der Waals surface area contributed by atoms with Crippen LogP contribution in [0.1, 0.15) is 31.5 Å². The van der Waals surface area contributed by atoms with E-state index in [1.165, 1.54) is 10.4 Å². The van der Waals surface area contributed by atoms with Crippen LogP contribution in [0.5, 0.6) is 0 Å². The fourth-order valence-corrected chi connectivity index (χ4v) is 3.05. The summed E-state index contributed by atoms with van der Waals surface area (Å²) in [5.41, 5.74) is 2.46. The SMILES string of the molecule is COCCc1nc(CNC(C)(C)C)c(-c2ccccc2)s1. The van der Waals surface area contributed by atoms with E-state index >= 15 is 0 Å². The Kier molecular flexibility index (Phi) is 5.51. The first-order valence-corrected chi connectivity index (χ1v) is 8.09. The van der Waals surface area contributed by atoms with E-state index in [4.69, 9.17) is 9.72 Å². The fraction of sp³-hybridized carbons (Fsp3) is 0.471. The quantitative estimate of drug-likeness (QED) is 0.879. The van der Waals surface area contributed by atoms with Gasteiger partial charge in [0.05, 0.1) is 22.2 Å². The molecule has 0 unspecified atom stereocenters. The molecule has 0 aliphatic carbocycles. The Morgan fingerprint density at radius 1 is 1.19 bits per heavy atom. The van der Waals surface area contributed by atoms with Gasteiger partial charge in [0.2, 0.25) is 0 Å². The minimum Gasteiger partial charge on any atom is -0.384 e. The van der Waals surface area contributed by atoms with Gasteiger partial charge < -0.3 is 10.1 Å². The maximum atomic E-state index is 5.17. The molecule has 114 valence electrons. The molecule has 0 atom stereocenters. The van der Waals surface area contributed by atoms with E-state index in [2.05, 4.69) is 50.4 Å². The van der Waals surface area contributed by atoms with Gasteiger partial charge >= 0.3 is 0 Å². The van der Waals surface area contributed by atoms with Crippen LogP contribution in [0.3, 0.4) is 0 Å². The highest BCUT2D eigenvalue weighted by Gasteiger charge is 2.15. The summed E-state index contributed by atoms with van der Waals surface area (Å²) in [6, 6.07) is 10.5. The average molecular weight is 304 g/mol. The summed E-state index contributed by atoms with van der Waals surface area (Å²) >= 11 is 1.77. The lowest BCUT2D eigenvalue weighted by Gasteiger charge is -2.20. The highest BCUT2D eigenvalue weighted by Crippen LogP contribution is 2.30. The number of methoxy groups -OCH3 is 1. The molecule has 4 heteroatoms. The summed E-state index contributed by atoms with van der Waals surface area (Å²) in [5, 5.41) is 4.67. The Hall–Kier alpha value is -1.23. The van der Waals surface area contributed by atoms with Crippen molar-refractivity contribution in [3.05, 3.63) is 41.0 Å². The van der Waals surface area contributed by atoms with Gasteiger partial charge in [0.1, 0.15) is 0 Å². The molecule has 21 heavy (non-hydrogen) atoms. The largest absolute Gasteiger partial charge is 0.384 e. The molecule has 1 heterocycles. The van der Waals surface area contributed by atoms with Gasteiger partial charge in [-0.25, -0.2) is 4.98 Å². The minimum absolute atomic E-state index is 0.0876. The van der Waals surface area contributed by atoms with Crippen LogP contribution in [0.4, 0.5) is 0 Å². The van der Waals surface area contributed by atoms with Crippen LogP contribution >= 0.6 is 11.3 Å². The molecule has 0 amide bonds. The number of nitrogens with zero attached hydrogens (tertiary/aromatic N) is 1. The highest BCUT2D eigenvalue weighted by atomic mass is 32.1. The maximum absolute atomic E-state index is 5.17. The van der Waals surface area contributed by atoms with E-state index in [0.717, 1.165) is 23.7 Å². The summed E-state index contributed by atoms with van der Waals surface area (Å²) in [7, 11) is 1.73. The first-order valence-electron chi connectivity index (χ1n) is 7.27. The van der Waals surface area contributed by atoms with Gasteiger partial charge in [-0.1, -0.05) is 30.3 Å². The zero-order valence-electron chi connectivity index (χ0n) is 13.3. The van der Waals surface area contributed by atoms with Crippen molar-refractivity contribution < 1.29 is 4.74 Å². The molecular formula is C17H24N2OS. The van der Waals surface area contributed by atoms with Gasteiger partial charge in [-0.05, 0) is 26.3 Å². The van der Waals surface area contributed by atoms with Gasteiger partial charge in [0, 0.05) is 25.6 Å². The third-order valence-corrected chi connectivity index (χ3v) is 4.29. The molecule has 3 nitrogen and oxygen atoms in total. The van der Waals surface area contributed by atoms with Crippen LogP contribution in [-0.4, -0.2) is 24.2 Å². The van der Waals surface area contributed by atoms with E-state index in [0.29, 0.717) is 6.61 Å². The van der Waals surface area contributed by atoms with Crippen LogP contribution in [0.25, 0.3) is 10.4 Å². The van der Waals surface area contributed by atoms with Crippen molar-refractivity contribution in [2.24, 2.45) is 0 Å². The monoisotopic (exact) mass is 304 g/mol. The van der Waals surface area contributed by atoms with Crippen molar-refractivity contribution in [2.45, 2.75) is 39.3 Å². The summed E-state index contributed by atoms with van der Waals surface area (Å²) in [4.78, 5) is 6.07. The van der Waals surface area contributed by atoms with E-state index in [1.807, 2.05) is 6.07 Å². The number of thiazole rings is 1. The predicted molar refractivity (Wildman–Crippen MR) is 89.7 cm³/mol. The average Bonchev–Trinajstić information content (AvgIpc) is 2.86. The zero-order chi connectivity index (χ0) is 15.3. The van der Waals surface area contributed by atoms with Gasteiger partial charge in [-0.3, -0.25) is 0 Å². The van der Waals surface area contributed by atoms with Crippen molar-refractivity contribution in [2.75, 3.05) is 13.7 Å². The molecule has 0 saturated carbocycles. The Morgan fingerprint density at radius 3 is 2.52 bits per heavy atom. The van der Waals surface area contributed by atoms with Gasteiger partial charge in [-0.2, -0.15) is 0 Å². The molecule has 2 rings (SSSR count). The Labute approximate surface area is 131 Å². The molecule has 1 aromatic carbocycles. The Bertz CT molecular complexity index is 558. The van der Waals surface area contributed by atoms with Crippen molar-refractivity contribution in [1.82, 2.24) is 10.3 Å². The summed E-state index contributed by atoms with van der Waals surface area (Å²) in [6.07, 6.45) is 0.872. The molecule has 0 aliphatic rings. The number of nitrogens with one attached hydrogen (secondary N) is 1. The first-order chi connectivity index (χ1) is 9.99. The highest BCUT2D eigenvalue weighted by molar-refractivity contribution is 7.15. The maximum Gasteiger partial charge on any atom is 0.0958 e. The molecule has 0 radical (unpaired) electrons. The third kappa shape index (κ3) is 4.92. The van der Waals surface area contributed by atoms with E-state index < -0.39 is 0 Å². The molecule has 1 aromatic heterocycles. The molecule has 1 N–H and O–H groups in total. The molecule has 0 saturated heterocycles. The number of ether oxygens (including phenoxy) is 1. The molecule has 0 spiro atoms. The molecule has 2 aromatic rings. The van der Waals surface area contributed by atoms with E-state index in [1.54, 1.807) is 18.4 Å². The smallest absolute Gasteiger partial charge is 0.0958 e. The van der Waals surface area contributed by atoms with Crippen LogP contribution in [0, 0.1) is 0 Å². The van der Waals surface area contributed by atoms with Crippen molar-refractivity contribution in [3.63, 3.8) is 0 Å². The number of rotatable bonds is 6. The molecule has 0 bridgehead atoms. The summed E-state index contributed by atoms with van der Waals surface area (Å²) in [6.45, 7) is 8.03. The fourth-order valence-electron chi connectivity index (χ4n) is 1.98. The van der Waals surface area contributed by atoms with E-state index in [-0.39, 0.29) is 5.54 Å². The lowest BCUT2D eigenvalue weighted by Crippen LogP contribution is -2.35. The van der Waals surface area contributed by atoms with Crippen LogP contribution < -0.4 is 5.32 Å². The zero-order valence-corrected chi connectivity index (χ0v) is 14.1. The number of aromatic nitrogens is 1. The topological polar surface area (TPSA) is 34.1 Å². The van der Waals surface area contributed by atoms with Crippen LogP contribution in [-0.2, 0) is 17.7 Å². The van der Waals surface area contributed by atoms with Gasteiger partial charge in [0.15, 0.2) is 0 Å². The third-order valence-electron chi connectivity index (χ3n) is 3.08. The van der Waals surface area contributed by atoms with Crippen molar-refractivity contribution in [3.8, 4) is 10.4 Å². The Morgan fingerprint density at radius 2 is 1.90 bits per heavy atom. The second kappa shape index (κ2) is 7.16. The van der Waals surface area contributed by atoms with E-state index in [9.17, 15) is 0 Å². The van der Waals surface area contributed by atoms with Crippen molar-refractivity contribution in [1.29, 1.82) is 0 Å². The second-order valence-corrected chi connectivity index (χ2v) is 7.18. The normalized spacial score (nSPS) is 11.8. The number of hydrogen-bond donors (Lipinski definition) is 1. The summed E-state index contributed by atoms with van der Waals surface area (Å²) < 4.78 is 5.17. The molecular weight excluding hydrogens is 280 g/mol. The lowest BCUT2D eigenvalue weighted by molar-refractivity contribution is 0.202. The Balaban J connectivity index is 2.25. The summed E-state index contributed by atoms with van der Waals surface area (Å²) in [5.74, 6) is 0. The van der Waals surface area contributed by atoms with Gasteiger partial charge in [-0.15, -0.1) is 11.3 Å².